The molecule has 0 aliphatic heterocycles. The molecule has 8 heteroatoms. The van der Waals surface area contributed by atoms with Crippen LogP contribution in [-0.2, 0) is 10.0 Å². The van der Waals surface area contributed by atoms with Crippen LogP contribution in [0.1, 0.15) is 0 Å². The van der Waals surface area contributed by atoms with Gasteiger partial charge in [0.2, 0.25) is 0 Å². The zero-order valence-electron chi connectivity index (χ0n) is 10.8. The molecule has 0 saturated heterocycles. The second-order valence-corrected chi connectivity index (χ2v) is 7.01. The topological polar surface area (TPSA) is 75.6 Å². The summed E-state index contributed by atoms with van der Waals surface area (Å²) in [6.07, 6.45) is 0. The molecule has 0 radical (unpaired) electrons. The number of phenolic OH excluding ortho intramolecular Hbond substituents is 1. The van der Waals surface area contributed by atoms with Crippen LogP contribution in [-0.4, -0.2) is 20.6 Å². The number of aromatic hydroxyl groups is 1. The quantitative estimate of drug-likeness (QED) is 0.779. The Morgan fingerprint density at radius 1 is 1.24 bits per heavy atom. The Morgan fingerprint density at radius 3 is 2.52 bits per heavy atom. The van der Waals surface area contributed by atoms with Gasteiger partial charge in [-0.3, -0.25) is 4.72 Å². The molecule has 0 unspecified atom stereocenters. The van der Waals surface area contributed by atoms with Crippen molar-refractivity contribution in [1.29, 1.82) is 0 Å². The Bertz CT molecular complexity index is 780. The van der Waals surface area contributed by atoms with Gasteiger partial charge in [-0.15, -0.1) is 0 Å². The molecule has 112 valence electrons. The molecule has 2 aromatic rings. The lowest BCUT2D eigenvalue weighted by atomic mass is 10.3. The molecule has 21 heavy (non-hydrogen) atoms. The Balaban J connectivity index is 2.33. The highest BCUT2D eigenvalue weighted by Crippen LogP contribution is 2.30. The van der Waals surface area contributed by atoms with Crippen molar-refractivity contribution in [2.45, 2.75) is 4.90 Å². The Morgan fingerprint density at radius 2 is 1.95 bits per heavy atom. The number of nitrogens with one attached hydrogen (secondary N) is 1. The molecule has 0 amide bonds. The summed E-state index contributed by atoms with van der Waals surface area (Å²) in [6.45, 7) is 0. The second-order valence-electron chi connectivity index (χ2n) is 4.07. The highest BCUT2D eigenvalue weighted by Gasteiger charge is 2.16. The van der Waals surface area contributed by atoms with Crippen LogP contribution in [0.15, 0.2) is 45.8 Å². The number of halogens is 2. The van der Waals surface area contributed by atoms with Crippen molar-refractivity contribution in [2.24, 2.45) is 0 Å². The molecule has 0 aromatic heterocycles. The fourth-order valence-electron chi connectivity index (χ4n) is 1.60. The number of methoxy groups -OCH3 is 1. The summed E-state index contributed by atoms with van der Waals surface area (Å²) in [5, 5.41) is 9.39. The van der Waals surface area contributed by atoms with E-state index >= 15 is 0 Å². The average Bonchev–Trinajstić information content (AvgIpc) is 2.42. The van der Waals surface area contributed by atoms with Crippen LogP contribution in [0.4, 0.5) is 5.69 Å². The maximum atomic E-state index is 12.3. The van der Waals surface area contributed by atoms with Crippen molar-refractivity contribution in [2.75, 3.05) is 11.8 Å². The highest BCUT2D eigenvalue weighted by molar-refractivity contribution is 9.10. The van der Waals surface area contributed by atoms with Crippen LogP contribution in [0.25, 0.3) is 0 Å². The van der Waals surface area contributed by atoms with E-state index in [-0.39, 0.29) is 21.4 Å². The largest absolute Gasteiger partial charge is 0.506 e. The summed E-state index contributed by atoms with van der Waals surface area (Å²) in [5.74, 6) is 0.411. The van der Waals surface area contributed by atoms with Crippen molar-refractivity contribution in [1.82, 2.24) is 0 Å². The molecule has 0 fully saturated rings. The molecule has 0 spiro atoms. The minimum atomic E-state index is -3.77. The van der Waals surface area contributed by atoms with Gasteiger partial charge in [-0.05, 0) is 52.3 Å². The standard InChI is InChI=1S/C13H11BrClNO4S/c1-20-13-5-3-9(7-10(13)14)21(18,19)16-8-2-4-12(17)11(15)6-8/h2-7,16-17H,1H3. The van der Waals surface area contributed by atoms with Gasteiger partial charge in [0, 0.05) is 0 Å². The number of sulfonamides is 1. The molecule has 0 bridgehead atoms. The van der Waals surface area contributed by atoms with Gasteiger partial charge in [-0.25, -0.2) is 8.42 Å². The maximum absolute atomic E-state index is 12.3. The zero-order valence-corrected chi connectivity index (χ0v) is 14.0. The lowest BCUT2D eigenvalue weighted by Gasteiger charge is -2.10. The van der Waals surface area contributed by atoms with E-state index in [1.54, 1.807) is 6.07 Å². The van der Waals surface area contributed by atoms with Crippen LogP contribution >= 0.6 is 27.5 Å². The molecule has 0 aliphatic carbocycles. The van der Waals surface area contributed by atoms with E-state index in [1.807, 2.05) is 0 Å². The predicted molar refractivity (Wildman–Crippen MR) is 84.6 cm³/mol. The van der Waals surface area contributed by atoms with Crippen molar-refractivity contribution in [3.8, 4) is 11.5 Å². The van der Waals surface area contributed by atoms with E-state index in [9.17, 15) is 13.5 Å². The number of hydrogen-bond acceptors (Lipinski definition) is 4. The van der Waals surface area contributed by atoms with Gasteiger partial charge in [0.05, 0.1) is 27.2 Å². The van der Waals surface area contributed by atoms with Crippen LogP contribution < -0.4 is 9.46 Å². The maximum Gasteiger partial charge on any atom is 0.261 e. The number of anilines is 1. The zero-order chi connectivity index (χ0) is 15.6. The summed E-state index contributed by atoms with van der Waals surface area (Å²) in [5.41, 5.74) is 0.254. The monoisotopic (exact) mass is 391 g/mol. The molecule has 0 aliphatic rings. The van der Waals surface area contributed by atoms with Crippen molar-refractivity contribution in [3.63, 3.8) is 0 Å². The van der Waals surface area contributed by atoms with E-state index < -0.39 is 10.0 Å². The summed E-state index contributed by atoms with van der Waals surface area (Å²) < 4.78 is 32.5. The van der Waals surface area contributed by atoms with Gasteiger partial charge < -0.3 is 9.84 Å². The van der Waals surface area contributed by atoms with Crippen LogP contribution in [0.2, 0.25) is 5.02 Å². The minimum Gasteiger partial charge on any atom is -0.506 e. The first kappa shape index (κ1) is 15.9. The minimum absolute atomic E-state index is 0.0612. The fourth-order valence-corrected chi connectivity index (χ4v) is 3.55. The third kappa shape index (κ3) is 3.61. The third-order valence-corrected chi connectivity index (χ3v) is 4.93. The van der Waals surface area contributed by atoms with Gasteiger partial charge >= 0.3 is 0 Å². The number of ether oxygens (including phenoxy) is 1. The van der Waals surface area contributed by atoms with Gasteiger partial charge in [-0.1, -0.05) is 11.6 Å². The molecular formula is C13H11BrClNO4S. The summed E-state index contributed by atoms with van der Waals surface area (Å²) in [7, 11) is -2.28. The summed E-state index contributed by atoms with van der Waals surface area (Å²) in [4.78, 5) is 0.0689. The van der Waals surface area contributed by atoms with Gasteiger partial charge in [0.15, 0.2) is 0 Å². The smallest absolute Gasteiger partial charge is 0.261 e. The SMILES string of the molecule is COc1ccc(S(=O)(=O)Nc2ccc(O)c(Cl)c2)cc1Br. The molecule has 5 nitrogen and oxygen atoms in total. The first-order valence-corrected chi connectivity index (χ1v) is 8.34. The van der Waals surface area contributed by atoms with E-state index in [0.717, 1.165) is 0 Å². The molecule has 0 atom stereocenters. The second kappa shape index (κ2) is 6.13. The van der Waals surface area contributed by atoms with Gasteiger partial charge in [0.25, 0.3) is 10.0 Å². The molecule has 2 aromatic carbocycles. The highest BCUT2D eigenvalue weighted by atomic mass is 79.9. The first-order valence-electron chi connectivity index (χ1n) is 5.68. The molecular weight excluding hydrogens is 382 g/mol. The number of phenols is 1. The summed E-state index contributed by atoms with van der Waals surface area (Å²) >= 11 is 8.98. The molecule has 2 N–H and O–H groups in total. The molecule has 0 heterocycles. The molecule has 0 saturated carbocycles. The Hall–Kier alpha value is -1.44. The van der Waals surface area contributed by atoms with Gasteiger partial charge in [-0.2, -0.15) is 0 Å². The van der Waals surface area contributed by atoms with Crippen molar-refractivity contribution >= 4 is 43.2 Å². The number of rotatable bonds is 4. The third-order valence-electron chi connectivity index (χ3n) is 2.63. The van der Waals surface area contributed by atoms with E-state index in [0.29, 0.717) is 10.2 Å². The fraction of sp³-hybridized carbons (Fsp3) is 0.0769. The molecule has 2 rings (SSSR count). The first-order chi connectivity index (χ1) is 9.83. The van der Waals surface area contributed by atoms with Crippen LogP contribution in [0, 0.1) is 0 Å². The normalized spacial score (nSPS) is 11.2. The lowest BCUT2D eigenvalue weighted by molar-refractivity contribution is 0.411. The van der Waals surface area contributed by atoms with E-state index in [4.69, 9.17) is 16.3 Å². The summed E-state index contributed by atoms with van der Waals surface area (Å²) in [6, 6.07) is 8.45. The predicted octanol–water partition coefficient (Wildman–Crippen LogP) is 3.62. The van der Waals surface area contributed by atoms with Crippen LogP contribution in [0.5, 0.6) is 11.5 Å². The van der Waals surface area contributed by atoms with Crippen molar-refractivity contribution < 1.29 is 18.3 Å². The number of hydrogen-bond donors (Lipinski definition) is 2. The Kier molecular flexibility index (Phi) is 4.65. The van der Waals surface area contributed by atoms with E-state index in [1.165, 1.54) is 37.4 Å². The Labute approximate surface area is 135 Å². The van der Waals surface area contributed by atoms with Crippen LogP contribution in [0.3, 0.4) is 0 Å². The van der Waals surface area contributed by atoms with Gasteiger partial charge in [0.1, 0.15) is 11.5 Å². The average molecular weight is 393 g/mol. The van der Waals surface area contributed by atoms with Crippen molar-refractivity contribution in [3.05, 3.63) is 45.9 Å². The van der Waals surface area contributed by atoms with E-state index in [2.05, 4.69) is 20.7 Å². The lowest BCUT2D eigenvalue weighted by Crippen LogP contribution is -2.13. The number of benzene rings is 2.